The van der Waals surface area contributed by atoms with Crippen LogP contribution in [0.25, 0.3) is 0 Å². The second-order valence-corrected chi connectivity index (χ2v) is 3.73. The summed E-state index contributed by atoms with van der Waals surface area (Å²) in [7, 11) is 1.65. The van der Waals surface area contributed by atoms with Crippen molar-refractivity contribution in [3.05, 3.63) is 53.7 Å². The third-order valence-electron chi connectivity index (χ3n) is 2.35. The molecular weight excluding hydrogens is 214 g/mol. The molecule has 0 saturated carbocycles. The van der Waals surface area contributed by atoms with E-state index in [1.165, 1.54) is 0 Å². The minimum Gasteiger partial charge on any atom is -0.495 e. The van der Waals surface area contributed by atoms with Gasteiger partial charge in [-0.1, -0.05) is 18.2 Å². The zero-order chi connectivity index (χ0) is 12.1. The second-order valence-electron chi connectivity index (χ2n) is 3.73. The Morgan fingerprint density at radius 3 is 2.76 bits per heavy atom. The van der Waals surface area contributed by atoms with E-state index in [-0.39, 0.29) is 0 Å². The van der Waals surface area contributed by atoms with Crippen molar-refractivity contribution in [3.8, 4) is 0 Å². The van der Waals surface area contributed by atoms with Crippen LogP contribution in [0.4, 0.5) is 5.95 Å². The molecule has 0 bridgehead atoms. The molecule has 1 aromatic rings. The molecule has 1 aliphatic carbocycles. The number of rotatable bonds is 3. The van der Waals surface area contributed by atoms with E-state index in [9.17, 15) is 0 Å². The Labute approximate surface area is 101 Å². The van der Waals surface area contributed by atoms with Gasteiger partial charge in [-0.3, -0.25) is 0 Å². The highest BCUT2D eigenvalue weighted by molar-refractivity contribution is 5.44. The van der Waals surface area contributed by atoms with Gasteiger partial charge in [-0.05, 0) is 25.0 Å². The quantitative estimate of drug-likeness (QED) is 0.865. The van der Waals surface area contributed by atoms with E-state index in [2.05, 4.69) is 21.4 Å². The van der Waals surface area contributed by atoms with Crippen molar-refractivity contribution in [1.82, 2.24) is 9.97 Å². The standard InChI is InChI=1S/C13H15N3O/c1-10-8-14-13(15-9-10)16-11-6-4-3-5-7-12(11)17-2/h3,5-9H,4H2,1-2H3,(H,14,15,16). The number of allylic oxidation sites excluding steroid dienone is 4. The Bertz CT molecular complexity index is 472. The van der Waals surface area contributed by atoms with Gasteiger partial charge in [0.1, 0.15) is 5.76 Å². The molecule has 1 N–H and O–H groups in total. The number of hydrogen-bond donors (Lipinski definition) is 1. The number of aromatic nitrogens is 2. The number of hydrogen-bond acceptors (Lipinski definition) is 4. The number of nitrogens with one attached hydrogen (secondary N) is 1. The first-order valence-corrected chi connectivity index (χ1v) is 5.46. The van der Waals surface area contributed by atoms with E-state index in [1.54, 1.807) is 19.5 Å². The van der Waals surface area contributed by atoms with Crippen LogP contribution in [0, 0.1) is 6.92 Å². The number of nitrogens with zero attached hydrogens (tertiary/aromatic N) is 2. The first-order valence-electron chi connectivity index (χ1n) is 5.46. The summed E-state index contributed by atoms with van der Waals surface area (Å²) in [5.74, 6) is 1.36. The molecule has 0 unspecified atom stereocenters. The van der Waals surface area contributed by atoms with Gasteiger partial charge in [-0.2, -0.15) is 0 Å². The Balaban J connectivity index is 2.17. The molecule has 0 fully saturated rings. The van der Waals surface area contributed by atoms with Crippen molar-refractivity contribution in [2.24, 2.45) is 0 Å². The van der Waals surface area contributed by atoms with E-state index in [4.69, 9.17) is 4.74 Å². The van der Waals surface area contributed by atoms with E-state index < -0.39 is 0 Å². The summed E-state index contributed by atoms with van der Waals surface area (Å²) < 4.78 is 5.30. The van der Waals surface area contributed by atoms with Gasteiger partial charge < -0.3 is 10.1 Å². The Hall–Kier alpha value is -2.10. The van der Waals surface area contributed by atoms with Crippen LogP contribution in [0.3, 0.4) is 0 Å². The van der Waals surface area contributed by atoms with Crippen LogP contribution < -0.4 is 5.32 Å². The lowest BCUT2D eigenvalue weighted by Gasteiger charge is -2.11. The summed E-state index contributed by atoms with van der Waals surface area (Å²) in [6.45, 7) is 1.96. The smallest absolute Gasteiger partial charge is 0.227 e. The van der Waals surface area contributed by atoms with Gasteiger partial charge in [0, 0.05) is 12.4 Å². The molecule has 0 spiro atoms. The van der Waals surface area contributed by atoms with Crippen molar-refractivity contribution in [1.29, 1.82) is 0 Å². The Kier molecular flexibility index (Phi) is 3.55. The van der Waals surface area contributed by atoms with E-state index in [0.29, 0.717) is 5.95 Å². The third kappa shape index (κ3) is 2.93. The fraction of sp³-hybridized carbons (Fsp3) is 0.231. The molecule has 0 amide bonds. The molecule has 0 aromatic carbocycles. The Morgan fingerprint density at radius 1 is 1.29 bits per heavy atom. The lowest BCUT2D eigenvalue weighted by Crippen LogP contribution is -2.07. The molecule has 2 rings (SSSR count). The van der Waals surface area contributed by atoms with Crippen LogP contribution in [0.1, 0.15) is 12.0 Å². The summed E-state index contributed by atoms with van der Waals surface area (Å²) in [6, 6.07) is 0. The summed E-state index contributed by atoms with van der Waals surface area (Å²) in [4.78, 5) is 8.41. The fourth-order valence-electron chi connectivity index (χ4n) is 1.48. The SMILES string of the molecule is COC1=CC=CCC=C1Nc1ncc(C)cn1. The minimum absolute atomic E-state index is 0.576. The molecule has 17 heavy (non-hydrogen) atoms. The summed E-state index contributed by atoms with van der Waals surface area (Å²) in [5, 5.41) is 3.15. The van der Waals surface area contributed by atoms with Crippen molar-refractivity contribution in [2.75, 3.05) is 12.4 Å². The van der Waals surface area contributed by atoms with Crippen molar-refractivity contribution < 1.29 is 4.74 Å². The highest BCUT2D eigenvalue weighted by Crippen LogP contribution is 2.16. The van der Waals surface area contributed by atoms with Crippen LogP contribution in [-0.2, 0) is 4.74 Å². The molecule has 4 nitrogen and oxygen atoms in total. The molecule has 0 saturated heterocycles. The van der Waals surface area contributed by atoms with Gasteiger partial charge in [0.15, 0.2) is 0 Å². The van der Waals surface area contributed by atoms with Crippen molar-refractivity contribution in [3.63, 3.8) is 0 Å². The van der Waals surface area contributed by atoms with Gasteiger partial charge in [-0.15, -0.1) is 0 Å². The normalized spacial score (nSPS) is 14.7. The first-order chi connectivity index (χ1) is 8.29. The highest BCUT2D eigenvalue weighted by atomic mass is 16.5. The van der Waals surface area contributed by atoms with Crippen LogP contribution in [0.5, 0.6) is 0 Å². The van der Waals surface area contributed by atoms with E-state index in [0.717, 1.165) is 23.4 Å². The molecule has 1 aromatic heterocycles. The van der Waals surface area contributed by atoms with Crippen molar-refractivity contribution >= 4 is 5.95 Å². The zero-order valence-corrected chi connectivity index (χ0v) is 9.97. The molecular formula is C13H15N3O. The molecule has 1 heterocycles. The zero-order valence-electron chi connectivity index (χ0n) is 9.97. The summed E-state index contributed by atoms with van der Waals surface area (Å²) in [5.41, 5.74) is 1.93. The summed E-state index contributed by atoms with van der Waals surface area (Å²) >= 11 is 0. The third-order valence-corrected chi connectivity index (χ3v) is 2.35. The van der Waals surface area contributed by atoms with Crippen LogP contribution in [-0.4, -0.2) is 17.1 Å². The fourth-order valence-corrected chi connectivity index (χ4v) is 1.48. The van der Waals surface area contributed by atoms with Gasteiger partial charge >= 0.3 is 0 Å². The molecule has 1 aliphatic rings. The molecule has 88 valence electrons. The monoisotopic (exact) mass is 229 g/mol. The molecule has 4 heteroatoms. The minimum atomic E-state index is 0.576. The maximum absolute atomic E-state index is 5.30. The average Bonchev–Trinajstić information content (AvgIpc) is 2.57. The van der Waals surface area contributed by atoms with Gasteiger partial charge in [0.25, 0.3) is 0 Å². The van der Waals surface area contributed by atoms with Gasteiger partial charge in [0.05, 0.1) is 12.8 Å². The molecule has 0 radical (unpaired) electrons. The Morgan fingerprint density at radius 2 is 2.06 bits per heavy atom. The lowest BCUT2D eigenvalue weighted by atomic mass is 10.3. The van der Waals surface area contributed by atoms with Gasteiger partial charge in [-0.25, -0.2) is 9.97 Å². The average molecular weight is 229 g/mol. The highest BCUT2D eigenvalue weighted by Gasteiger charge is 2.07. The van der Waals surface area contributed by atoms with Crippen LogP contribution >= 0.6 is 0 Å². The first kappa shape index (κ1) is 11.4. The topological polar surface area (TPSA) is 47.0 Å². The largest absolute Gasteiger partial charge is 0.495 e. The van der Waals surface area contributed by atoms with Crippen molar-refractivity contribution in [2.45, 2.75) is 13.3 Å². The molecule has 0 aliphatic heterocycles. The number of ether oxygens (including phenoxy) is 1. The predicted molar refractivity (Wildman–Crippen MR) is 67.3 cm³/mol. The lowest BCUT2D eigenvalue weighted by molar-refractivity contribution is 0.301. The van der Waals surface area contributed by atoms with Gasteiger partial charge in [0.2, 0.25) is 5.95 Å². The maximum Gasteiger partial charge on any atom is 0.227 e. The number of anilines is 1. The second kappa shape index (κ2) is 5.30. The molecule has 0 atom stereocenters. The summed E-state index contributed by atoms with van der Waals surface area (Å²) in [6.07, 6.45) is 12.4. The van der Waals surface area contributed by atoms with Crippen LogP contribution in [0.15, 0.2) is 48.2 Å². The maximum atomic E-state index is 5.30. The number of methoxy groups -OCH3 is 1. The van der Waals surface area contributed by atoms with E-state index in [1.807, 2.05) is 25.2 Å². The predicted octanol–water partition coefficient (Wildman–Crippen LogP) is 2.57. The van der Waals surface area contributed by atoms with Crippen LogP contribution in [0.2, 0.25) is 0 Å². The van der Waals surface area contributed by atoms with E-state index >= 15 is 0 Å². The number of aryl methyl sites for hydroxylation is 1.